The van der Waals surface area contributed by atoms with Crippen molar-refractivity contribution in [3.05, 3.63) is 60.7 Å². The number of hydrogen-bond acceptors (Lipinski definition) is 7. The minimum Gasteiger partial charge on any atom is -0.351 e. The summed E-state index contributed by atoms with van der Waals surface area (Å²) in [6, 6.07) is 4.47. The molecule has 2 aliphatic rings. The first kappa shape index (κ1) is 18.6. The van der Waals surface area contributed by atoms with Gasteiger partial charge < -0.3 is 10.2 Å². The highest BCUT2D eigenvalue weighted by atomic mass is 16.2. The molecule has 0 bridgehead atoms. The molecule has 152 valence electrons. The molecule has 1 N–H and O–H groups in total. The van der Waals surface area contributed by atoms with Crippen LogP contribution in [0.3, 0.4) is 0 Å². The van der Waals surface area contributed by atoms with Crippen LogP contribution in [0.4, 0.5) is 5.95 Å². The van der Waals surface area contributed by atoms with Gasteiger partial charge in [0.2, 0.25) is 5.95 Å². The second-order valence-corrected chi connectivity index (χ2v) is 7.80. The van der Waals surface area contributed by atoms with Crippen LogP contribution in [0, 0.1) is 0 Å². The molecule has 0 spiro atoms. The molecule has 4 heterocycles. The van der Waals surface area contributed by atoms with Gasteiger partial charge in [0.05, 0.1) is 11.9 Å². The number of piperidine rings is 1. The topological polar surface area (TPSA) is 96.8 Å². The van der Waals surface area contributed by atoms with Crippen LogP contribution in [-0.4, -0.2) is 54.9 Å². The number of anilines is 1. The van der Waals surface area contributed by atoms with E-state index in [1.165, 1.54) is 19.0 Å². The van der Waals surface area contributed by atoms with Gasteiger partial charge in [-0.05, 0) is 43.4 Å². The molecule has 0 radical (unpaired) electrons. The molecule has 3 aromatic rings. The molecule has 1 amide bonds. The van der Waals surface area contributed by atoms with Gasteiger partial charge >= 0.3 is 0 Å². The van der Waals surface area contributed by atoms with Crippen LogP contribution in [0.25, 0.3) is 11.1 Å². The Labute approximate surface area is 174 Å². The highest BCUT2D eigenvalue weighted by Crippen LogP contribution is 2.35. The lowest BCUT2D eigenvalue weighted by Gasteiger charge is -2.32. The fourth-order valence-electron chi connectivity index (χ4n) is 3.87. The van der Waals surface area contributed by atoms with Crippen molar-refractivity contribution < 1.29 is 4.79 Å². The van der Waals surface area contributed by atoms with E-state index in [1.807, 2.05) is 23.2 Å². The zero-order valence-electron chi connectivity index (χ0n) is 16.6. The molecular formula is C22H23N7O. The van der Waals surface area contributed by atoms with Crippen molar-refractivity contribution in [3.8, 4) is 11.1 Å². The Morgan fingerprint density at radius 2 is 1.73 bits per heavy atom. The van der Waals surface area contributed by atoms with Gasteiger partial charge in [-0.25, -0.2) is 15.0 Å². The van der Waals surface area contributed by atoms with E-state index in [-0.39, 0.29) is 11.8 Å². The van der Waals surface area contributed by atoms with Crippen LogP contribution in [0.2, 0.25) is 0 Å². The normalized spacial score (nSPS) is 17.0. The maximum Gasteiger partial charge on any atom is 0.274 e. The van der Waals surface area contributed by atoms with E-state index in [2.05, 4.69) is 25.3 Å². The number of nitrogens with one attached hydrogen (secondary N) is 1. The number of amides is 1. The lowest BCUT2D eigenvalue weighted by Crippen LogP contribution is -2.38. The van der Waals surface area contributed by atoms with E-state index in [0.717, 1.165) is 29.7 Å². The molecule has 0 atom stereocenters. The van der Waals surface area contributed by atoms with E-state index in [4.69, 9.17) is 4.98 Å². The third kappa shape index (κ3) is 3.98. The SMILES string of the molecule is O=C(c1cnccn1)N1CCC(c2nc(NC3CC3)ncc2-c2ccncc2)CC1. The summed E-state index contributed by atoms with van der Waals surface area (Å²) in [7, 11) is 0. The van der Waals surface area contributed by atoms with Crippen molar-refractivity contribution >= 4 is 11.9 Å². The molecule has 0 unspecified atom stereocenters. The fourth-order valence-corrected chi connectivity index (χ4v) is 3.87. The van der Waals surface area contributed by atoms with Crippen LogP contribution in [0.1, 0.15) is 47.8 Å². The summed E-state index contributed by atoms with van der Waals surface area (Å²) in [5.41, 5.74) is 3.55. The smallest absolute Gasteiger partial charge is 0.274 e. The first-order valence-electron chi connectivity index (χ1n) is 10.4. The summed E-state index contributed by atoms with van der Waals surface area (Å²) >= 11 is 0. The first-order chi connectivity index (χ1) is 14.8. The Balaban J connectivity index is 1.37. The molecule has 8 nitrogen and oxygen atoms in total. The summed E-state index contributed by atoms with van der Waals surface area (Å²) in [5, 5.41) is 3.41. The number of pyridine rings is 1. The molecule has 1 saturated heterocycles. The Morgan fingerprint density at radius 1 is 0.933 bits per heavy atom. The number of rotatable bonds is 5. The van der Waals surface area contributed by atoms with Crippen LogP contribution < -0.4 is 5.32 Å². The number of likely N-dealkylation sites (tertiary alicyclic amines) is 1. The van der Waals surface area contributed by atoms with Gasteiger partial charge in [-0.1, -0.05) is 0 Å². The molecule has 0 aromatic carbocycles. The average Bonchev–Trinajstić information content (AvgIpc) is 3.64. The minimum atomic E-state index is -0.0605. The molecule has 30 heavy (non-hydrogen) atoms. The third-order valence-electron chi connectivity index (χ3n) is 5.67. The van der Waals surface area contributed by atoms with E-state index >= 15 is 0 Å². The molecule has 2 fully saturated rings. The maximum absolute atomic E-state index is 12.7. The standard InChI is InChI=1S/C22H23N7O/c30-21(19-14-24-9-10-25-19)29-11-5-16(6-12-29)20-18(15-3-7-23-8-4-15)13-26-22(28-20)27-17-1-2-17/h3-4,7-10,13-14,16-17H,1-2,5-6,11-12H2,(H,26,27,28). The van der Waals surface area contributed by atoms with Crippen LogP contribution in [0.5, 0.6) is 0 Å². The zero-order chi connectivity index (χ0) is 20.3. The van der Waals surface area contributed by atoms with Crippen molar-refractivity contribution in [2.24, 2.45) is 0 Å². The van der Waals surface area contributed by atoms with Gasteiger partial charge in [0, 0.05) is 61.6 Å². The summed E-state index contributed by atoms with van der Waals surface area (Å²) in [5.74, 6) is 0.903. The number of carbonyl (C=O) groups is 1. The molecular weight excluding hydrogens is 378 g/mol. The van der Waals surface area contributed by atoms with E-state index in [0.29, 0.717) is 30.8 Å². The van der Waals surface area contributed by atoms with E-state index < -0.39 is 0 Å². The van der Waals surface area contributed by atoms with Gasteiger partial charge in [-0.15, -0.1) is 0 Å². The molecule has 1 aliphatic heterocycles. The van der Waals surface area contributed by atoms with Crippen LogP contribution in [0.15, 0.2) is 49.3 Å². The second-order valence-electron chi connectivity index (χ2n) is 7.80. The lowest BCUT2D eigenvalue weighted by atomic mass is 9.89. The van der Waals surface area contributed by atoms with Crippen molar-refractivity contribution in [2.45, 2.75) is 37.6 Å². The molecule has 1 aliphatic carbocycles. The number of hydrogen-bond donors (Lipinski definition) is 1. The van der Waals surface area contributed by atoms with Gasteiger partial charge in [0.1, 0.15) is 5.69 Å². The Morgan fingerprint density at radius 3 is 2.43 bits per heavy atom. The quantitative estimate of drug-likeness (QED) is 0.702. The first-order valence-corrected chi connectivity index (χ1v) is 10.4. The fraction of sp³-hybridized carbons (Fsp3) is 0.364. The summed E-state index contributed by atoms with van der Waals surface area (Å²) in [6.45, 7) is 1.34. The maximum atomic E-state index is 12.7. The van der Waals surface area contributed by atoms with Crippen LogP contribution in [-0.2, 0) is 0 Å². The summed E-state index contributed by atoms with van der Waals surface area (Å²) in [4.78, 5) is 36.3. The predicted octanol–water partition coefficient (Wildman–Crippen LogP) is 2.92. The van der Waals surface area contributed by atoms with Gasteiger partial charge in [-0.2, -0.15) is 0 Å². The predicted molar refractivity (Wildman–Crippen MR) is 112 cm³/mol. The number of carbonyl (C=O) groups excluding carboxylic acids is 1. The Bertz CT molecular complexity index is 1020. The monoisotopic (exact) mass is 401 g/mol. The Hall–Kier alpha value is -3.42. The number of nitrogens with zero attached hydrogens (tertiary/aromatic N) is 6. The largest absolute Gasteiger partial charge is 0.351 e. The van der Waals surface area contributed by atoms with Crippen molar-refractivity contribution in [2.75, 3.05) is 18.4 Å². The second kappa shape index (κ2) is 8.14. The van der Waals surface area contributed by atoms with Crippen LogP contribution >= 0.6 is 0 Å². The van der Waals surface area contributed by atoms with E-state index in [1.54, 1.807) is 24.8 Å². The van der Waals surface area contributed by atoms with Gasteiger partial charge in [-0.3, -0.25) is 14.8 Å². The highest BCUT2D eigenvalue weighted by molar-refractivity contribution is 5.92. The van der Waals surface area contributed by atoms with Gasteiger partial charge in [0.15, 0.2) is 0 Å². The van der Waals surface area contributed by atoms with Gasteiger partial charge in [0.25, 0.3) is 5.91 Å². The van der Waals surface area contributed by atoms with Crippen molar-refractivity contribution in [1.82, 2.24) is 29.8 Å². The Kier molecular flexibility index (Phi) is 5.04. The average molecular weight is 401 g/mol. The van der Waals surface area contributed by atoms with Crippen molar-refractivity contribution in [1.29, 1.82) is 0 Å². The molecule has 5 rings (SSSR count). The lowest BCUT2D eigenvalue weighted by molar-refractivity contribution is 0.0705. The molecule has 3 aromatic heterocycles. The summed E-state index contributed by atoms with van der Waals surface area (Å²) in [6.07, 6.45) is 14.2. The minimum absolute atomic E-state index is 0.0605. The highest BCUT2D eigenvalue weighted by Gasteiger charge is 2.29. The summed E-state index contributed by atoms with van der Waals surface area (Å²) < 4.78 is 0. The molecule has 1 saturated carbocycles. The van der Waals surface area contributed by atoms with E-state index in [9.17, 15) is 4.79 Å². The molecule has 8 heteroatoms. The zero-order valence-corrected chi connectivity index (χ0v) is 16.6. The van der Waals surface area contributed by atoms with Crippen molar-refractivity contribution in [3.63, 3.8) is 0 Å². The third-order valence-corrected chi connectivity index (χ3v) is 5.67. The number of aromatic nitrogens is 5.